The van der Waals surface area contributed by atoms with E-state index in [0.717, 1.165) is 46.7 Å². The number of fused-ring (bicyclic) bond motifs is 1. The van der Waals surface area contributed by atoms with Gasteiger partial charge in [0.05, 0.1) is 33.7 Å². The van der Waals surface area contributed by atoms with Gasteiger partial charge in [0.2, 0.25) is 0 Å². The summed E-state index contributed by atoms with van der Waals surface area (Å²) >= 11 is 0. The van der Waals surface area contributed by atoms with Gasteiger partial charge in [-0.1, -0.05) is 36.4 Å². The van der Waals surface area contributed by atoms with Gasteiger partial charge in [-0.05, 0) is 57.0 Å². The molecule has 1 saturated carbocycles. The molecule has 1 N–H and O–H groups in total. The lowest BCUT2D eigenvalue weighted by Gasteiger charge is -2.10. The van der Waals surface area contributed by atoms with E-state index in [1.807, 2.05) is 91.3 Å². The number of hydrogen-bond donors (Lipinski definition) is 1. The zero-order chi connectivity index (χ0) is 23.2. The van der Waals surface area contributed by atoms with Crippen LogP contribution in [-0.2, 0) is 0 Å². The molecule has 1 fully saturated rings. The van der Waals surface area contributed by atoms with Crippen molar-refractivity contribution in [3.8, 4) is 11.4 Å². The Morgan fingerprint density at radius 1 is 0.882 bits per heavy atom. The van der Waals surface area contributed by atoms with Crippen LogP contribution < -0.4 is 5.32 Å². The molecule has 0 unspecified atom stereocenters. The smallest absolute Gasteiger partial charge is 0.257 e. The maximum absolute atomic E-state index is 13.6. The number of aromatic nitrogens is 5. The lowest BCUT2D eigenvalue weighted by Crippen LogP contribution is -2.16. The van der Waals surface area contributed by atoms with E-state index >= 15 is 0 Å². The average Bonchev–Trinajstić information content (AvgIpc) is 3.55. The maximum atomic E-state index is 13.6. The summed E-state index contributed by atoms with van der Waals surface area (Å²) in [7, 11) is 0. The lowest BCUT2D eigenvalue weighted by atomic mass is 10.1. The van der Waals surface area contributed by atoms with Crippen molar-refractivity contribution < 1.29 is 4.79 Å². The second-order valence-electron chi connectivity index (χ2n) is 8.77. The third-order valence-electron chi connectivity index (χ3n) is 6.15. The molecule has 7 heteroatoms. The van der Waals surface area contributed by atoms with Crippen molar-refractivity contribution in [1.29, 1.82) is 0 Å². The van der Waals surface area contributed by atoms with E-state index in [2.05, 4.69) is 5.32 Å². The monoisotopic (exact) mass is 448 g/mol. The van der Waals surface area contributed by atoms with Gasteiger partial charge in [0.15, 0.2) is 5.65 Å². The van der Waals surface area contributed by atoms with Gasteiger partial charge >= 0.3 is 0 Å². The minimum atomic E-state index is -0.203. The van der Waals surface area contributed by atoms with E-state index in [1.165, 1.54) is 0 Å². The quantitative estimate of drug-likeness (QED) is 0.393. The number of amides is 1. The second kappa shape index (κ2) is 7.95. The van der Waals surface area contributed by atoms with Gasteiger partial charge in [0, 0.05) is 17.7 Å². The normalized spacial score (nSPS) is 13.4. The first-order chi connectivity index (χ1) is 16.6. The first kappa shape index (κ1) is 20.4. The molecule has 3 heterocycles. The number of rotatable bonds is 5. The van der Waals surface area contributed by atoms with Crippen molar-refractivity contribution in [3.05, 3.63) is 95.4 Å². The summed E-state index contributed by atoms with van der Waals surface area (Å²) in [5.41, 5.74) is 5.56. The van der Waals surface area contributed by atoms with E-state index in [1.54, 1.807) is 4.68 Å². The summed E-state index contributed by atoms with van der Waals surface area (Å²) in [6, 6.07) is 23.6. The van der Waals surface area contributed by atoms with Crippen molar-refractivity contribution in [2.24, 2.45) is 0 Å². The van der Waals surface area contributed by atoms with Gasteiger partial charge in [0.25, 0.3) is 5.91 Å². The summed E-state index contributed by atoms with van der Waals surface area (Å²) in [4.78, 5) is 18.4. The van der Waals surface area contributed by atoms with Crippen molar-refractivity contribution >= 4 is 22.8 Å². The average molecular weight is 449 g/mol. The van der Waals surface area contributed by atoms with Crippen molar-refractivity contribution in [3.63, 3.8) is 0 Å². The van der Waals surface area contributed by atoms with Gasteiger partial charge in [-0.25, -0.2) is 14.3 Å². The molecule has 1 aliphatic rings. The molecular weight excluding hydrogens is 424 g/mol. The molecule has 7 nitrogen and oxygen atoms in total. The van der Waals surface area contributed by atoms with Gasteiger partial charge in [-0.15, -0.1) is 0 Å². The van der Waals surface area contributed by atoms with Crippen molar-refractivity contribution in [2.75, 3.05) is 5.32 Å². The zero-order valence-corrected chi connectivity index (χ0v) is 19.1. The first-order valence-corrected chi connectivity index (χ1v) is 11.5. The van der Waals surface area contributed by atoms with Crippen LogP contribution in [0.15, 0.2) is 72.8 Å². The van der Waals surface area contributed by atoms with Crippen LogP contribution in [0.2, 0.25) is 0 Å². The second-order valence-corrected chi connectivity index (χ2v) is 8.77. The Kier molecular flexibility index (Phi) is 4.76. The number of benzene rings is 2. The molecule has 5 aromatic rings. The number of carbonyl (C=O) groups excluding carboxylic acids is 1. The van der Waals surface area contributed by atoms with Gasteiger partial charge in [-0.3, -0.25) is 4.79 Å². The predicted molar refractivity (Wildman–Crippen MR) is 132 cm³/mol. The molecule has 0 bridgehead atoms. The number of nitrogens with zero attached hydrogens (tertiary/aromatic N) is 5. The largest absolute Gasteiger partial charge is 0.306 e. The molecule has 0 saturated heterocycles. The van der Waals surface area contributed by atoms with E-state index in [4.69, 9.17) is 15.2 Å². The van der Waals surface area contributed by atoms with Crippen LogP contribution >= 0.6 is 0 Å². The highest BCUT2D eigenvalue weighted by Gasteiger charge is 2.28. The fourth-order valence-corrected chi connectivity index (χ4v) is 4.36. The van der Waals surface area contributed by atoms with E-state index < -0.39 is 0 Å². The Morgan fingerprint density at radius 2 is 1.53 bits per heavy atom. The number of nitrogens with one attached hydrogen (secondary N) is 1. The molecule has 6 rings (SSSR count). The number of hydrogen-bond acceptors (Lipinski definition) is 4. The summed E-state index contributed by atoms with van der Waals surface area (Å²) in [5, 5.41) is 13.4. The maximum Gasteiger partial charge on any atom is 0.257 e. The van der Waals surface area contributed by atoms with E-state index in [-0.39, 0.29) is 5.91 Å². The van der Waals surface area contributed by atoms with Crippen LogP contribution in [0.4, 0.5) is 5.82 Å². The molecule has 3 aromatic heterocycles. The van der Waals surface area contributed by atoms with Crippen LogP contribution in [0.5, 0.6) is 0 Å². The summed E-state index contributed by atoms with van der Waals surface area (Å²) < 4.78 is 3.62. The Hall–Kier alpha value is -4.26. The van der Waals surface area contributed by atoms with Crippen molar-refractivity contribution in [1.82, 2.24) is 24.5 Å². The molecule has 1 amide bonds. The highest BCUT2D eigenvalue weighted by atomic mass is 16.1. The van der Waals surface area contributed by atoms with Crippen LogP contribution in [0.1, 0.15) is 46.2 Å². The summed E-state index contributed by atoms with van der Waals surface area (Å²) in [5.74, 6) is 0.932. The lowest BCUT2D eigenvalue weighted by molar-refractivity contribution is 0.102. The van der Waals surface area contributed by atoms with Gasteiger partial charge in [-0.2, -0.15) is 10.2 Å². The van der Waals surface area contributed by atoms with Gasteiger partial charge in [0.1, 0.15) is 5.82 Å². The summed E-state index contributed by atoms with van der Waals surface area (Å²) in [6.45, 7) is 3.81. The Labute approximate surface area is 197 Å². The van der Waals surface area contributed by atoms with E-state index in [0.29, 0.717) is 22.9 Å². The summed E-state index contributed by atoms with van der Waals surface area (Å²) in [6.07, 6.45) is 2.28. The number of carbonyl (C=O) groups is 1. The van der Waals surface area contributed by atoms with Crippen LogP contribution in [0, 0.1) is 13.8 Å². The van der Waals surface area contributed by atoms with Crippen LogP contribution in [0.25, 0.3) is 22.4 Å². The molecule has 0 radical (unpaired) electrons. The Bertz CT molecular complexity index is 1510. The highest BCUT2D eigenvalue weighted by molar-refractivity contribution is 6.12. The standard InChI is InChI=1S/C27H24N6O/c1-17-15-22(25-18(2)30-33(26(25)28-17)21-11-7-4-8-12-21)27(34)29-24-16-23(19-13-14-19)31-32(24)20-9-5-3-6-10-20/h3-12,15-16,19H,13-14H2,1-2H3,(H,29,34). The van der Waals surface area contributed by atoms with Gasteiger partial charge < -0.3 is 5.32 Å². The third kappa shape index (κ3) is 3.55. The number of aryl methyl sites for hydroxylation is 2. The van der Waals surface area contributed by atoms with Crippen LogP contribution in [0.3, 0.4) is 0 Å². The molecule has 0 spiro atoms. The predicted octanol–water partition coefficient (Wildman–Crippen LogP) is 5.35. The highest BCUT2D eigenvalue weighted by Crippen LogP contribution is 2.40. The molecular formula is C27H24N6O. The van der Waals surface area contributed by atoms with Crippen LogP contribution in [-0.4, -0.2) is 30.5 Å². The minimum Gasteiger partial charge on any atom is -0.306 e. The Morgan fingerprint density at radius 3 is 2.18 bits per heavy atom. The van der Waals surface area contributed by atoms with E-state index in [9.17, 15) is 4.79 Å². The molecule has 0 aliphatic heterocycles. The molecule has 168 valence electrons. The first-order valence-electron chi connectivity index (χ1n) is 11.5. The zero-order valence-electron chi connectivity index (χ0n) is 19.1. The third-order valence-corrected chi connectivity index (χ3v) is 6.15. The molecule has 2 aromatic carbocycles. The molecule has 0 atom stereocenters. The molecule has 1 aliphatic carbocycles. The fourth-order valence-electron chi connectivity index (χ4n) is 4.36. The number of pyridine rings is 1. The minimum absolute atomic E-state index is 0.203. The van der Waals surface area contributed by atoms with Crippen molar-refractivity contribution in [2.45, 2.75) is 32.6 Å². The molecule has 34 heavy (non-hydrogen) atoms. The Balaban J connectivity index is 1.43. The fraction of sp³-hybridized carbons (Fsp3) is 0.185. The topological polar surface area (TPSA) is 77.6 Å². The number of anilines is 1. The number of para-hydroxylation sites is 2. The SMILES string of the molecule is Cc1cc(C(=O)Nc2cc(C3CC3)nn2-c2ccccc2)c2c(C)nn(-c3ccccc3)c2n1.